The fourth-order valence-corrected chi connectivity index (χ4v) is 5.44. The quantitative estimate of drug-likeness (QED) is 0.519. The van der Waals surface area contributed by atoms with Crippen LogP contribution in [-0.4, -0.2) is 63.5 Å². The van der Waals surface area contributed by atoms with Crippen LogP contribution >= 0.6 is 11.6 Å². The Morgan fingerprint density at radius 1 is 1.00 bits per heavy atom. The second-order valence-corrected chi connectivity index (χ2v) is 9.74. The van der Waals surface area contributed by atoms with Crippen molar-refractivity contribution in [1.29, 1.82) is 0 Å². The molecule has 0 N–H and O–H groups in total. The third-order valence-electron chi connectivity index (χ3n) is 6.58. The average Bonchev–Trinajstić information content (AvgIpc) is 3.02. The molecule has 2 saturated heterocycles. The number of hydrogen-bond acceptors (Lipinski definition) is 6. The van der Waals surface area contributed by atoms with Crippen molar-refractivity contribution >= 4 is 23.4 Å². The van der Waals surface area contributed by atoms with Gasteiger partial charge in [0.2, 0.25) is 5.95 Å². The van der Waals surface area contributed by atoms with E-state index in [2.05, 4.69) is 20.1 Å². The van der Waals surface area contributed by atoms with Crippen LogP contribution in [0, 0.1) is 11.2 Å². The van der Waals surface area contributed by atoms with Crippen LogP contribution in [0.2, 0.25) is 5.02 Å². The highest BCUT2D eigenvalue weighted by molar-refractivity contribution is 6.30. The zero-order chi connectivity index (χ0) is 23.7. The smallest absolute Gasteiger partial charge is 0.353 e. The van der Waals surface area contributed by atoms with Gasteiger partial charge in [-0.3, -0.25) is 9.47 Å². The Kier molecular flexibility index (Phi) is 4.79. The normalized spacial score (nSPS) is 19.3. The number of pyridine rings is 1. The summed E-state index contributed by atoms with van der Waals surface area (Å²) in [5.41, 5.74) is 1.43. The summed E-state index contributed by atoms with van der Waals surface area (Å²) in [5, 5.41) is 9.05. The fourth-order valence-electron chi connectivity index (χ4n) is 5.25. The Morgan fingerprint density at radius 2 is 1.76 bits per heavy atom. The number of halogens is 5. The first-order valence-corrected chi connectivity index (χ1v) is 11.2. The van der Waals surface area contributed by atoms with Crippen molar-refractivity contribution in [3.05, 3.63) is 58.8 Å². The summed E-state index contributed by atoms with van der Waals surface area (Å²) < 4.78 is 55.4. The second-order valence-electron chi connectivity index (χ2n) is 9.31. The van der Waals surface area contributed by atoms with E-state index in [1.165, 1.54) is 11.0 Å². The van der Waals surface area contributed by atoms with Gasteiger partial charge in [0.1, 0.15) is 0 Å². The molecule has 178 valence electrons. The zero-order valence-electron chi connectivity index (χ0n) is 17.9. The van der Waals surface area contributed by atoms with Gasteiger partial charge in [-0.05, 0) is 35.9 Å². The maximum absolute atomic E-state index is 14.0. The van der Waals surface area contributed by atoms with Crippen LogP contribution < -0.4 is 9.80 Å². The minimum absolute atomic E-state index is 0.00618. The summed E-state index contributed by atoms with van der Waals surface area (Å²) in [6.07, 6.45) is -2.75. The first kappa shape index (κ1) is 21.6. The van der Waals surface area contributed by atoms with Gasteiger partial charge in [-0.1, -0.05) is 11.6 Å². The van der Waals surface area contributed by atoms with E-state index in [1.54, 1.807) is 30.5 Å². The fraction of sp³-hybridized carbons (Fsp3) is 0.409. The van der Waals surface area contributed by atoms with Gasteiger partial charge in [-0.2, -0.15) is 13.2 Å². The van der Waals surface area contributed by atoms with Crippen LogP contribution in [0.4, 0.5) is 29.3 Å². The van der Waals surface area contributed by atoms with Gasteiger partial charge in [-0.25, -0.2) is 9.37 Å². The largest absolute Gasteiger partial charge is 0.401 e. The molecule has 1 aromatic carbocycles. The van der Waals surface area contributed by atoms with E-state index in [9.17, 15) is 17.6 Å². The predicted molar refractivity (Wildman–Crippen MR) is 118 cm³/mol. The molecule has 5 heterocycles. The Morgan fingerprint density at radius 3 is 2.50 bits per heavy atom. The maximum Gasteiger partial charge on any atom is 0.401 e. The monoisotopic (exact) mass is 493 g/mol. The van der Waals surface area contributed by atoms with Crippen molar-refractivity contribution in [3.8, 4) is 5.69 Å². The molecule has 3 aromatic rings. The predicted octanol–water partition coefficient (Wildman–Crippen LogP) is 3.66. The summed E-state index contributed by atoms with van der Waals surface area (Å²) in [6.45, 7) is 1.84. The SMILES string of the molecule is Fc1cccnc1N1CC2(C1)CN(c1nnc3n1-c1ccc(Cl)cc1CN(CC(F)(F)F)C3)C2. The number of aromatic nitrogens is 4. The standard InChI is InChI=1S/C22H20ClF4N7/c23-15-3-4-17-14(6-15)7-31(13-22(25,26)27)8-18-29-30-20(34(17)18)33-11-21(12-33)9-32(10-21)19-16(24)2-1-5-28-19/h1-6H,7-13H2. The minimum Gasteiger partial charge on any atom is -0.353 e. The molecule has 12 heteroatoms. The third-order valence-corrected chi connectivity index (χ3v) is 6.82. The van der Waals surface area contributed by atoms with Crippen molar-refractivity contribution in [1.82, 2.24) is 24.6 Å². The van der Waals surface area contributed by atoms with E-state index in [0.717, 1.165) is 5.69 Å². The van der Waals surface area contributed by atoms with Crippen LogP contribution in [-0.2, 0) is 13.1 Å². The minimum atomic E-state index is -4.33. The van der Waals surface area contributed by atoms with Crippen LogP contribution in [0.15, 0.2) is 36.5 Å². The Hall–Kier alpha value is -2.92. The lowest BCUT2D eigenvalue weighted by Gasteiger charge is -2.60. The number of hydrogen-bond donors (Lipinski definition) is 0. The maximum atomic E-state index is 14.0. The van der Waals surface area contributed by atoms with Crippen LogP contribution in [0.25, 0.3) is 5.69 Å². The zero-order valence-corrected chi connectivity index (χ0v) is 18.7. The van der Waals surface area contributed by atoms with Crippen molar-refractivity contribution in [2.45, 2.75) is 19.3 Å². The molecule has 0 unspecified atom stereocenters. The molecule has 0 saturated carbocycles. The summed E-state index contributed by atoms with van der Waals surface area (Å²) >= 11 is 6.16. The molecule has 1 spiro atoms. The number of nitrogens with zero attached hydrogens (tertiary/aromatic N) is 7. The Balaban J connectivity index is 1.25. The highest BCUT2D eigenvalue weighted by Crippen LogP contribution is 2.44. The van der Waals surface area contributed by atoms with Crippen molar-refractivity contribution in [2.24, 2.45) is 5.41 Å². The third kappa shape index (κ3) is 3.67. The molecule has 2 fully saturated rings. The number of anilines is 2. The van der Waals surface area contributed by atoms with Gasteiger partial charge >= 0.3 is 6.18 Å². The van der Waals surface area contributed by atoms with E-state index in [0.29, 0.717) is 54.4 Å². The van der Waals surface area contributed by atoms with Crippen molar-refractivity contribution < 1.29 is 17.6 Å². The second kappa shape index (κ2) is 7.54. The van der Waals surface area contributed by atoms with E-state index in [1.807, 2.05) is 9.47 Å². The van der Waals surface area contributed by atoms with Crippen LogP contribution in [0.3, 0.4) is 0 Å². The number of benzene rings is 1. The van der Waals surface area contributed by atoms with Gasteiger partial charge in [0.25, 0.3) is 0 Å². The van der Waals surface area contributed by atoms with Crippen LogP contribution in [0.5, 0.6) is 0 Å². The molecule has 7 nitrogen and oxygen atoms in total. The Bertz CT molecular complexity index is 1250. The van der Waals surface area contributed by atoms with Gasteiger partial charge in [0, 0.05) is 49.4 Å². The summed E-state index contributed by atoms with van der Waals surface area (Å²) in [7, 11) is 0. The molecular formula is C22H20ClF4N7. The van der Waals surface area contributed by atoms with Crippen molar-refractivity contribution in [2.75, 3.05) is 42.5 Å². The van der Waals surface area contributed by atoms with Gasteiger partial charge in [0.05, 0.1) is 18.8 Å². The summed E-state index contributed by atoms with van der Waals surface area (Å²) in [6, 6.07) is 8.18. The van der Waals surface area contributed by atoms with E-state index >= 15 is 0 Å². The molecule has 6 rings (SSSR count). The molecule has 0 bridgehead atoms. The van der Waals surface area contributed by atoms with E-state index in [-0.39, 0.29) is 24.3 Å². The molecule has 34 heavy (non-hydrogen) atoms. The van der Waals surface area contributed by atoms with Crippen LogP contribution in [0.1, 0.15) is 11.4 Å². The lowest BCUT2D eigenvalue weighted by Crippen LogP contribution is -2.73. The van der Waals surface area contributed by atoms with E-state index < -0.39 is 12.7 Å². The molecule has 2 aromatic heterocycles. The van der Waals surface area contributed by atoms with Gasteiger partial charge in [-0.15, -0.1) is 10.2 Å². The molecule has 3 aliphatic rings. The lowest BCUT2D eigenvalue weighted by molar-refractivity contribution is -0.148. The lowest BCUT2D eigenvalue weighted by atomic mass is 9.73. The molecule has 3 aliphatic heterocycles. The first-order valence-electron chi connectivity index (χ1n) is 10.8. The van der Waals surface area contributed by atoms with E-state index in [4.69, 9.17) is 11.6 Å². The Labute approximate surface area is 197 Å². The summed E-state index contributed by atoms with van der Waals surface area (Å²) in [4.78, 5) is 9.43. The summed E-state index contributed by atoms with van der Waals surface area (Å²) in [5.74, 6) is 1.07. The highest BCUT2D eigenvalue weighted by atomic mass is 35.5. The molecule has 0 atom stereocenters. The molecule has 0 amide bonds. The highest BCUT2D eigenvalue weighted by Gasteiger charge is 2.54. The van der Waals surface area contributed by atoms with Gasteiger partial charge < -0.3 is 9.80 Å². The molecular weight excluding hydrogens is 474 g/mol. The van der Waals surface area contributed by atoms with Gasteiger partial charge in [0.15, 0.2) is 17.5 Å². The number of alkyl halides is 3. The molecule has 0 aliphatic carbocycles. The molecule has 0 radical (unpaired) electrons. The number of fused-ring (bicyclic) bond motifs is 3. The first-order chi connectivity index (χ1) is 16.2. The average molecular weight is 494 g/mol. The topological polar surface area (TPSA) is 53.3 Å². The van der Waals surface area contributed by atoms with Crippen molar-refractivity contribution in [3.63, 3.8) is 0 Å². The number of rotatable bonds is 3.